The molecule has 142 valence electrons. The summed E-state index contributed by atoms with van der Waals surface area (Å²) in [5.74, 6) is 1.52. The average molecular weight is 423 g/mol. The molecular weight excluding hydrogens is 403 g/mol. The topological polar surface area (TPSA) is 49.4 Å². The van der Waals surface area contributed by atoms with Crippen LogP contribution in [-0.2, 0) is 10.5 Å². The molecule has 2 amide bonds. The van der Waals surface area contributed by atoms with E-state index in [1.54, 1.807) is 34.9 Å². The van der Waals surface area contributed by atoms with Gasteiger partial charge in [-0.3, -0.25) is 9.59 Å². The molecule has 1 heterocycles. The molecule has 1 N–H and O–H groups in total. The number of amides is 2. The minimum absolute atomic E-state index is 0.116. The highest BCUT2D eigenvalue weighted by atomic mass is 35.5. The molecule has 7 heteroatoms. The molecule has 0 aliphatic carbocycles. The Morgan fingerprint density at radius 3 is 2.78 bits per heavy atom. The van der Waals surface area contributed by atoms with Gasteiger partial charge in [-0.2, -0.15) is 11.8 Å². The second kappa shape index (κ2) is 9.49. The second-order valence-electron chi connectivity index (χ2n) is 6.24. The maximum Gasteiger partial charge on any atom is 0.251 e. The molecule has 3 rings (SSSR count). The highest BCUT2D eigenvalue weighted by Crippen LogP contribution is 2.25. The number of rotatable bonds is 7. The van der Waals surface area contributed by atoms with E-state index in [1.165, 1.54) is 0 Å². The zero-order valence-electron chi connectivity index (χ0n) is 14.7. The van der Waals surface area contributed by atoms with Crippen LogP contribution >= 0.6 is 35.0 Å². The fourth-order valence-corrected chi connectivity index (χ4v) is 4.31. The summed E-state index contributed by atoms with van der Waals surface area (Å²) in [6.07, 6.45) is 1.44. The van der Waals surface area contributed by atoms with Crippen LogP contribution in [0.2, 0.25) is 10.0 Å². The zero-order chi connectivity index (χ0) is 19.2. The van der Waals surface area contributed by atoms with Gasteiger partial charge in [0.1, 0.15) is 0 Å². The van der Waals surface area contributed by atoms with Crippen molar-refractivity contribution < 1.29 is 9.59 Å². The fraction of sp³-hybridized carbons (Fsp3) is 0.300. The first-order valence-electron chi connectivity index (χ1n) is 8.75. The number of benzene rings is 2. The summed E-state index contributed by atoms with van der Waals surface area (Å²) < 4.78 is 0. The van der Waals surface area contributed by atoms with Crippen molar-refractivity contribution in [1.82, 2.24) is 5.32 Å². The van der Waals surface area contributed by atoms with Crippen molar-refractivity contribution in [3.05, 3.63) is 63.6 Å². The van der Waals surface area contributed by atoms with Crippen molar-refractivity contribution >= 4 is 52.5 Å². The van der Waals surface area contributed by atoms with E-state index in [0.29, 0.717) is 35.1 Å². The van der Waals surface area contributed by atoms with Crippen molar-refractivity contribution in [2.75, 3.05) is 23.7 Å². The largest absolute Gasteiger partial charge is 0.351 e. The molecule has 1 fully saturated rings. The Morgan fingerprint density at radius 1 is 1.19 bits per heavy atom. The SMILES string of the molecule is O=C(NCCSCc1ccc(Cl)cc1Cl)c1cccc(N2CCCC2=O)c1. The van der Waals surface area contributed by atoms with Crippen molar-refractivity contribution in [3.63, 3.8) is 0 Å². The Bertz CT molecular complexity index is 844. The molecule has 0 atom stereocenters. The van der Waals surface area contributed by atoms with Gasteiger partial charge >= 0.3 is 0 Å². The van der Waals surface area contributed by atoms with Gasteiger partial charge in [-0.1, -0.05) is 35.3 Å². The molecule has 0 saturated carbocycles. The van der Waals surface area contributed by atoms with Crippen molar-refractivity contribution in [3.8, 4) is 0 Å². The summed E-state index contributed by atoms with van der Waals surface area (Å²) in [6, 6.07) is 12.7. The third-order valence-electron chi connectivity index (χ3n) is 4.30. The van der Waals surface area contributed by atoms with Crippen LogP contribution in [0.25, 0.3) is 0 Å². The highest BCUT2D eigenvalue weighted by Gasteiger charge is 2.22. The monoisotopic (exact) mass is 422 g/mol. The number of anilines is 1. The van der Waals surface area contributed by atoms with E-state index in [-0.39, 0.29) is 11.8 Å². The van der Waals surface area contributed by atoms with Gasteiger partial charge in [-0.15, -0.1) is 0 Å². The van der Waals surface area contributed by atoms with E-state index in [4.69, 9.17) is 23.2 Å². The third-order valence-corrected chi connectivity index (χ3v) is 5.89. The minimum Gasteiger partial charge on any atom is -0.351 e. The van der Waals surface area contributed by atoms with Crippen LogP contribution in [0.1, 0.15) is 28.8 Å². The van der Waals surface area contributed by atoms with E-state index in [2.05, 4.69) is 5.32 Å². The van der Waals surface area contributed by atoms with Crippen LogP contribution in [0.5, 0.6) is 0 Å². The Kier molecular flexibility index (Phi) is 7.05. The lowest BCUT2D eigenvalue weighted by Gasteiger charge is -2.16. The zero-order valence-corrected chi connectivity index (χ0v) is 17.0. The molecule has 1 aliphatic heterocycles. The fourth-order valence-electron chi connectivity index (χ4n) is 2.90. The summed E-state index contributed by atoms with van der Waals surface area (Å²) in [6.45, 7) is 1.27. The highest BCUT2D eigenvalue weighted by molar-refractivity contribution is 7.98. The van der Waals surface area contributed by atoms with Gasteiger partial charge in [0.15, 0.2) is 0 Å². The predicted octanol–water partition coefficient (Wildman–Crippen LogP) is 4.78. The number of hydrogen-bond donors (Lipinski definition) is 1. The van der Waals surface area contributed by atoms with Crippen molar-refractivity contribution in [2.45, 2.75) is 18.6 Å². The average Bonchev–Trinajstić information content (AvgIpc) is 3.09. The molecule has 0 radical (unpaired) electrons. The number of carbonyl (C=O) groups excluding carboxylic acids is 2. The number of halogens is 2. The first kappa shape index (κ1) is 20.1. The van der Waals surface area contributed by atoms with Crippen LogP contribution < -0.4 is 10.2 Å². The third kappa shape index (κ3) is 5.41. The number of nitrogens with one attached hydrogen (secondary N) is 1. The van der Waals surface area contributed by atoms with Gasteiger partial charge in [-0.05, 0) is 42.3 Å². The molecule has 0 aromatic heterocycles. The van der Waals surface area contributed by atoms with Crippen LogP contribution in [0, 0.1) is 0 Å². The second-order valence-corrected chi connectivity index (χ2v) is 8.19. The molecule has 4 nitrogen and oxygen atoms in total. The van der Waals surface area contributed by atoms with E-state index >= 15 is 0 Å². The van der Waals surface area contributed by atoms with Gasteiger partial charge < -0.3 is 10.2 Å². The van der Waals surface area contributed by atoms with Crippen molar-refractivity contribution in [1.29, 1.82) is 0 Å². The Balaban J connectivity index is 1.46. The molecule has 0 spiro atoms. The van der Waals surface area contributed by atoms with Crippen molar-refractivity contribution in [2.24, 2.45) is 0 Å². The standard InChI is InChI=1S/C20H20Cl2N2O2S/c21-16-7-6-15(18(22)12-16)13-27-10-8-23-20(26)14-3-1-4-17(11-14)24-9-2-5-19(24)25/h1,3-4,6-7,11-12H,2,5,8-10,13H2,(H,23,26). The molecular formula is C20H20Cl2N2O2S. The molecule has 0 unspecified atom stereocenters. The lowest BCUT2D eigenvalue weighted by Crippen LogP contribution is -2.27. The number of nitrogens with zero attached hydrogens (tertiary/aromatic N) is 1. The Hall–Kier alpha value is -1.69. The first-order valence-corrected chi connectivity index (χ1v) is 10.7. The molecule has 0 bridgehead atoms. The number of carbonyl (C=O) groups is 2. The molecule has 1 saturated heterocycles. The molecule has 2 aromatic carbocycles. The maximum atomic E-state index is 12.4. The van der Waals surface area contributed by atoms with E-state index in [9.17, 15) is 9.59 Å². The summed E-state index contributed by atoms with van der Waals surface area (Å²) in [5.41, 5.74) is 2.38. The van der Waals surface area contributed by atoms with Gasteiger partial charge in [-0.25, -0.2) is 0 Å². The van der Waals surface area contributed by atoms with E-state index in [0.717, 1.165) is 29.2 Å². The smallest absolute Gasteiger partial charge is 0.251 e. The van der Waals surface area contributed by atoms with Gasteiger partial charge in [0.05, 0.1) is 0 Å². The summed E-state index contributed by atoms with van der Waals surface area (Å²) >= 11 is 13.7. The first-order chi connectivity index (χ1) is 13.0. The number of thioether (sulfide) groups is 1. The summed E-state index contributed by atoms with van der Waals surface area (Å²) in [4.78, 5) is 26.0. The number of hydrogen-bond acceptors (Lipinski definition) is 3. The molecule has 27 heavy (non-hydrogen) atoms. The van der Waals surface area contributed by atoms with E-state index < -0.39 is 0 Å². The Labute approximate surface area is 173 Å². The molecule has 1 aliphatic rings. The van der Waals surface area contributed by atoms with Crippen LogP contribution in [0.4, 0.5) is 5.69 Å². The molecule has 2 aromatic rings. The Morgan fingerprint density at radius 2 is 2.04 bits per heavy atom. The lowest BCUT2D eigenvalue weighted by molar-refractivity contribution is -0.117. The summed E-state index contributed by atoms with van der Waals surface area (Å²) in [7, 11) is 0. The van der Waals surface area contributed by atoms with Crippen LogP contribution in [0.3, 0.4) is 0 Å². The van der Waals surface area contributed by atoms with Crippen LogP contribution in [0.15, 0.2) is 42.5 Å². The van der Waals surface area contributed by atoms with E-state index in [1.807, 2.05) is 24.3 Å². The predicted molar refractivity (Wildman–Crippen MR) is 113 cm³/mol. The minimum atomic E-state index is -0.131. The summed E-state index contributed by atoms with van der Waals surface area (Å²) in [5, 5.41) is 4.20. The van der Waals surface area contributed by atoms with Crippen LogP contribution in [-0.4, -0.2) is 30.7 Å². The van der Waals surface area contributed by atoms with Gasteiger partial charge in [0.25, 0.3) is 5.91 Å². The van der Waals surface area contributed by atoms with Gasteiger partial charge in [0.2, 0.25) is 5.91 Å². The maximum absolute atomic E-state index is 12.4. The normalized spacial score (nSPS) is 13.9. The van der Waals surface area contributed by atoms with Gasteiger partial charge in [0, 0.05) is 52.3 Å². The lowest BCUT2D eigenvalue weighted by atomic mass is 10.1. The quantitative estimate of drug-likeness (QED) is 0.652.